The summed E-state index contributed by atoms with van der Waals surface area (Å²) < 4.78 is 10.5. The molecule has 1 amide bonds. The summed E-state index contributed by atoms with van der Waals surface area (Å²) in [6.07, 6.45) is 0. The molecule has 1 heterocycles. The molecule has 0 spiro atoms. The van der Waals surface area contributed by atoms with Crippen molar-refractivity contribution >= 4 is 34.8 Å². The van der Waals surface area contributed by atoms with Crippen molar-refractivity contribution < 1.29 is 14.1 Å². The SMILES string of the molecule is COc1ccc(Cl)cc1NC(=O)c1c(-c2ccccc2Cl)noc1C. The van der Waals surface area contributed by atoms with Crippen LogP contribution < -0.4 is 10.1 Å². The number of nitrogens with one attached hydrogen (secondary N) is 1. The second-order valence-electron chi connectivity index (χ2n) is 5.24. The van der Waals surface area contributed by atoms with Gasteiger partial charge in [-0.1, -0.05) is 46.6 Å². The predicted octanol–water partition coefficient (Wildman–Crippen LogP) is 5.22. The second-order valence-corrected chi connectivity index (χ2v) is 6.08. The number of carbonyl (C=O) groups is 1. The van der Waals surface area contributed by atoms with Gasteiger partial charge < -0.3 is 14.6 Å². The number of anilines is 1. The molecule has 0 atom stereocenters. The van der Waals surface area contributed by atoms with Crippen LogP contribution in [0, 0.1) is 6.92 Å². The van der Waals surface area contributed by atoms with Gasteiger partial charge in [-0.05, 0) is 31.2 Å². The normalized spacial score (nSPS) is 10.6. The highest BCUT2D eigenvalue weighted by atomic mass is 35.5. The van der Waals surface area contributed by atoms with Crippen LogP contribution in [-0.4, -0.2) is 18.2 Å². The first-order chi connectivity index (χ1) is 12.0. The van der Waals surface area contributed by atoms with Crippen LogP contribution in [-0.2, 0) is 0 Å². The molecule has 0 fully saturated rings. The number of hydrogen-bond acceptors (Lipinski definition) is 4. The Morgan fingerprint density at radius 2 is 1.96 bits per heavy atom. The highest BCUT2D eigenvalue weighted by molar-refractivity contribution is 6.33. The van der Waals surface area contributed by atoms with Crippen LogP contribution in [0.2, 0.25) is 10.0 Å². The molecule has 0 saturated heterocycles. The van der Waals surface area contributed by atoms with E-state index in [1.165, 1.54) is 7.11 Å². The number of nitrogens with zero attached hydrogens (tertiary/aromatic N) is 1. The zero-order chi connectivity index (χ0) is 18.0. The van der Waals surface area contributed by atoms with Crippen molar-refractivity contribution in [3.05, 3.63) is 63.8 Å². The van der Waals surface area contributed by atoms with Crippen LogP contribution in [0.4, 0.5) is 5.69 Å². The van der Waals surface area contributed by atoms with Crippen LogP contribution in [0.15, 0.2) is 47.0 Å². The van der Waals surface area contributed by atoms with E-state index in [9.17, 15) is 4.79 Å². The third kappa shape index (κ3) is 3.48. The molecule has 128 valence electrons. The largest absolute Gasteiger partial charge is 0.495 e. The number of methoxy groups -OCH3 is 1. The maximum atomic E-state index is 12.8. The van der Waals surface area contributed by atoms with Gasteiger partial charge in [0.15, 0.2) is 0 Å². The van der Waals surface area contributed by atoms with Crippen LogP contribution in [0.3, 0.4) is 0 Å². The highest BCUT2D eigenvalue weighted by Crippen LogP contribution is 2.33. The minimum Gasteiger partial charge on any atom is -0.495 e. The summed E-state index contributed by atoms with van der Waals surface area (Å²) in [7, 11) is 1.51. The smallest absolute Gasteiger partial charge is 0.261 e. The summed E-state index contributed by atoms with van der Waals surface area (Å²) in [5.41, 5.74) is 1.74. The summed E-state index contributed by atoms with van der Waals surface area (Å²) in [6.45, 7) is 1.66. The molecule has 0 aliphatic heterocycles. The first kappa shape index (κ1) is 17.3. The number of aromatic nitrogens is 1. The average molecular weight is 377 g/mol. The fraction of sp³-hybridized carbons (Fsp3) is 0.111. The standard InChI is InChI=1S/C18H14Cl2N2O3/c1-10-16(17(22-25-10)12-5-3-4-6-13(12)20)18(23)21-14-9-11(19)7-8-15(14)24-2/h3-9H,1-2H3,(H,21,23). The first-order valence-corrected chi connectivity index (χ1v) is 8.13. The molecule has 2 aromatic carbocycles. The van der Waals surface area contributed by atoms with E-state index in [0.717, 1.165) is 0 Å². The lowest BCUT2D eigenvalue weighted by Crippen LogP contribution is -2.14. The average Bonchev–Trinajstić information content (AvgIpc) is 2.97. The third-order valence-electron chi connectivity index (χ3n) is 3.63. The minimum atomic E-state index is -0.394. The molecule has 0 unspecified atom stereocenters. The van der Waals surface area contributed by atoms with E-state index in [1.807, 2.05) is 6.07 Å². The molecular weight excluding hydrogens is 363 g/mol. The highest BCUT2D eigenvalue weighted by Gasteiger charge is 2.23. The van der Waals surface area contributed by atoms with Crippen molar-refractivity contribution in [1.82, 2.24) is 5.16 Å². The van der Waals surface area contributed by atoms with Gasteiger partial charge in [-0.25, -0.2) is 0 Å². The number of aryl methyl sites for hydroxylation is 1. The van der Waals surface area contributed by atoms with E-state index in [1.54, 1.807) is 43.3 Å². The van der Waals surface area contributed by atoms with Gasteiger partial charge in [0.25, 0.3) is 5.91 Å². The van der Waals surface area contributed by atoms with Crippen LogP contribution >= 0.6 is 23.2 Å². The molecule has 5 nitrogen and oxygen atoms in total. The van der Waals surface area contributed by atoms with Gasteiger partial charge in [-0.15, -0.1) is 0 Å². The van der Waals surface area contributed by atoms with Gasteiger partial charge >= 0.3 is 0 Å². The third-order valence-corrected chi connectivity index (χ3v) is 4.19. The Hall–Kier alpha value is -2.50. The number of halogens is 2. The van der Waals surface area contributed by atoms with Crippen molar-refractivity contribution in [1.29, 1.82) is 0 Å². The Labute approximate surface area is 154 Å². The van der Waals surface area contributed by atoms with E-state index < -0.39 is 5.91 Å². The van der Waals surface area contributed by atoms with Gasteiger partial charge in [0.1, 0.15) is 22.8 Å². The lowest BCUT2D eigenvalue weighted by molar-refractivity contribution is 0.102. The van der Waals surface area contributed by atoms with Crippen molar-refractivity contribution in [3.63, 3.8) is 0 Å². The molecule has 0 aliphatic rings. The minimum absolute atomic E-state index is 0.301. The van der Waals surface area contributed by atoms with Crippen LogP contribution in [0.1, 0.15) is 16.1 Å². The Morgan fingerprint density at radius 3 is 2.68 bits per heavy atom. The van der Waals surface area contributed by atoms with E-state index in [-0.39, 0.29) is 0 Å². The number of rotatable bonds is 4. The summed E-state index contributed by atoms with van der Waals surface area (Å²) in [4.78, 5) is 12.8. The number of hydrogen-bond donors (Lipinski definition) is 1. The molecule has 0 saturated carbocycles. The van der Waals surface area contributed by atoms with Gasteiger partial charge in [0, 0.05) is 10.6 Å². The molecule has 7 heteroatoms. The number of benzene rings is 2. The lowest BCUT2D eigenvalue weighted by Gasteiger charge is -2.11. The van der Waals surface area contributed by atoms with Crippen LogP contribution in [0.25, 0.3) is 11.3 Å². The Morgan fingerprint density at radius 1 is 1.20 bits per heavy atom. The van der Waals surface area contributed by atoms with Crippen LogP contribution in [0.5, 0.6) is 5.75 Å². The van der Waals surface area contributed by atoms with Gasteiger partial charge in [-0.3, -0.25) is 4.79 Å². The molecule has 0 radical (unpaired) electrons. The van der Waals surface area contributed by atoms with Gasteiger partial charge in [0.2, 0.25) is 0 Å². The van der Waals surface area contributed by atoms with Crippen molar-refractivity contribution in [2.24, 2.45) is 0 Å². The quantitative estimate of drug-likeness (QED) is 0.677. The fourth-order valence-corrected chi connectivity index (χ4v) is 2.84. The zero-order valence-electron chi connectivity index (χ0n) is 13.5. The first-order valence-electron chi connectivity index (χ1n) is 7.37. The molecule has 1 N–H and O–H groups in total. The fourth-order valence-electron chi connectivity index (χ4n) is 2.44. The summed E-state index contributed by atoms with van der Waals surface area (Å²) in [6, 6.07) is 12.1. The van der Waals surface area contributed by atoms with E-state index in [0.29, 0.717) is 44.1 Å². The predicted molar refractivity (Wildman–Crippen MR) is 97.6 cm³/mol. The van der Waals surface area contributed by atoms with E-state index in [4.69, 9.17) is 32.5 Å². The zero-order valence-corrected chi connectivity index (χ0v) is 15.0. The Bertz CT molecular complexity index is 938. The number of amides is 1. The van der Waals surface area contributed by atoms with Crippen molar-refractivity contribution in [3.8, 4) is 17.0 Å². The molecule has 3 aromatic rings. The monoisotopic (exact) mass is 376 g/mol. The summed E-state index contributed by atoms with van der Waals surface area (Å²) in [5, 5.41) is 7.73. The lowest BCUT2D eigenvalue weighted by atomic mass is 10.1. The molecule has 25 heavy (non-hydrogen) atoms. The van der Waals surface area contributed by atoms with Crippen molar-refractivity contribution in [2.45, 2.75) is 6.92 Å². The summed E-state index contributed by atoms with van der Waals surface area (Å²) in [5.74, 6) is 0.480. The maximum absolute atomic E-state index is 12.8. The van der Waals surface area contributed by atoms with E-state index in [2.05, 4.69) is 10.5 Å². The topological polar surface area (TPSA) is 64.4 Å². The summed E-state index contributed by atoms with van der Waals surface area (Å²) >= 11 is 12.2. The van der Waals surface area contributed by atoms with E-state index >= 15 is 0 Å². The molecule has 3 rings (SSSR count). The second kappa shape index (κ2) is 7.17. The Kier molecular flexibility index (Phi) is 4.97. The van der Waals surface area contributed by atoms with Gasteiger partial charge in [-0.2, -0.15) is 0 Å². The molecule has 1 aromatic heterocycles. The molecular formula is C18H14Cl2N2O3. The number of carbonyl (C=O) groups excluding carboxylic acids is 1. The maximum Gasteiger partial charge on any atom is 0.261 e. The number of ether oxygens (including phenoxy) is 1. The molecule has 0 bridgehead atoms. The van der Waals surface area contributed by atoms with Gasteiger partial charge in [0.05, 0.1) is 17.8 Å². The molecule has 0 aliphatic carbocycles. The van der Waals surface area contributed by atoms with Crippen molar-refractivity contribution in [2.75, 3.05) is 12.4 Å². The Balaban J connectivity index is 2.01.